The Kier molecular flexibility index (Phi) is 5.57. The standard InChI is InChI=1S/C11H14N2O.C3H8/c1-14-10-4-2-3-9-8(5-6-12)7-13-11(9)10;1-3-2/h2-4,7,13H,5-6,12H2,1H3;3H2,1-2H3. The molecule has 0 radical (unpaired) electrons. The largest absolute Gasteiger partial charge is 0.495 e. The Morgan fingerprint density at radius 3 is 2.59 bits per heavy atom. The third-order valence-corrected chi connectivity index (χ3v) is 2.40. The number of aromatic amines is 1. The first kappa shape index (κ1) is 13.6. The lowest BCUT2D eigenvalue weighted by atomic mass is 10.1. The number of nitrogens with two attached hydrogens (primary N) is 1. The summed E-state index contributed by atoms with van der Waals surface area (Å²) in [4.78, 5) is 3.21. The molecule has 0 saturated heterocycles. The molecule has 94 valence electrons. The van der Waals surface area contributed by atoms with Crippen molar-refractivity contribution in [1.82, 2.24) is 4.98 Å². The van der Waals surface area contributed by atoms with E-state index in [1.165, 1.54) is 17.4 Å². The molecule has 0 aliphatic carbocycles. The van der Waals surface area contributed by atoms with Crippen LogP contribution in [0.3, 0.4) is 0 Å². The average Bonchev–Trinajstić information content (AvgIpc) is 2.74. The maximum absolute atomic E-state index is 5.54. The van der Waals surface area contributed by atoms with E-state index < -0.39 is 0 Å². The van der Waals surface area contributed by atoms with Gasteiger partial charge >= 0.3 is 0 Å². The van der Waals surface area contributed by atoms with Crippen molar-refractivity contribution in [3.8, 4) is 5.75 Å². The molecule has 0 saturated carbocycles. The number of para-hydroxylation sites is 1. The van der Waals surface area contributed by atoms with E-state index in [0.29, 0.717) is 6.54 Å². The van der Waals surface area contributed by atoms with Crippen molar-refractivity contribution in [1.29, 1.82) is 0 Å². The number of hydrogen-bond donors (Lipinski definition) is 2. The number of ether oxygens (including phenoxy) is 1. The fourth-order valence-corrected chi connectivity index (χ4v) is 1.72. The van der Waals surface area contributed by atoms with Gasteiger partial charge in [-0.3, -0.25) is 0 Å². The third-order valence-electron chi connectivity index (χ3n) is 2.40. The van der Waals surface area contributed by atoms with Gasteiger partial charge in [0.15, 0.2) is 0 Å². The van der Waals surface area contributed by atoms with E-state index in [1.54, 1.807) is 7.11 Å². The molecule has 0 fully saturated rings. The first-order valence-electron chi connectivity index (χ1n) is 6.11. The second kappa shape index (κ2) is 6.97. The number of nitrogens with one attached hydrogen (secondary N) is 1. The SMILES string of the molecule is CCC.COc1cccc2c(CCN)c[nH]c12. The Hall–Kier alpha value is -1.48. The molecule has 0 unspecified atom stereocenters. The maximum Gasteiger partial charge on any atom is 0.142 e. The molecule has 3 N–H and O–H groups in total. The molecular formula is C14H22N2O. The summed E-state index contributed by atoms with van der Waals surface area (Å²) >= 11 is 0. The van der Waals surface area contributed by atoms with Crippen molar-refractivity contribution in [2.24, 2.45) is 5.73 Å². The normalized spacial score (nSPS) is 9.88. The van der Waals surface area contributed by atoms with Crippen LogP contribution in [0, 0.1) is 0 Å². The molecule has 1 aromatic heterocycles. The van der Waals surface area contributed by atoms with E-state index >= 15 is 0 Å². The molecule has 0 bridgehead atoms. The summed E-state index contributed by atoms with van der Waals surface area (Å²) in [6.07, 6.45) is 4.15. The number of benzene rings is 1. The molecule has 2 rings (SSSR count). The second-order valence-corrected chi connectivity index (χ2v) is 3.94. The monoisotopic (exact) mass is 234 g/mol. The Labute approximate surface area is 103 Å². The van der Waals surface area contributed by atoms with Crippen LogP contribution >= 0.6 is 0 Å². The van der Waals surface area contributed by atoms with Crippen molar-refractivity contribution < 1.29 is 4.74 Å². The van der Waals surface area contributed by atoms with Crippen LogP contribution in [0.1, 0.15) is 25.8 Å². The molecular weight excluding hydrogens is 212 g/mol. The second-order valence-electron chi connectivity index (χ2n) is 3.94. The fraction of sp³-hybridized carbons (Fsp3) is 0.429. The number of fused-ring (bicyclic) bond motifs is 1. The van der Waals surface area contributed by atoms with Gasteiger partial charge < -0.3 is 15.5 Å². The maximum atomic E-state index is 5.54. The van der Waals surface area contributed by atoms with Crippen LogP contribution in [0.2, 0.25) is 0 Å². The topological polar surface area (TPSA) is 51.0 Å². The van der Waals surface area contributed by atoms with Crippen molar-refractivity contribution in [3.05, 3.63) is 30.0 Å². The molecule has 1 aromatic carbocycles. The zero-order valence-electron chi connectivity index (χ0n) is 10.9. The highest BCUT2D eigenvalue weighted by atomic mass is 16.5. The Morgan fingerprint density at radius 1 is 1.29 bits per heavy atom. The van der Waals surface area contributed by atoms with Crippen LogP contribution in [-0.4, -0.2) is 18.6 Å². The lowest BCUT2D eigenvalue weighted by Gasteiger charge is -2.01. The summed E-state index contributed by atoms with van der Waals surface area (Å²) in [5, 5.41) is 1.20. The van der Waals surface area contributed by atoms with Gasteiger partial charge in [0, 0.05) is 11.6 Å². The van der Waals surface area contributed by atoms with E-state index in [0.717, 1.165) is 17.7 Å². The van der Waals surface area contributed by atoms with E-state index in [4.69, 9.17) is 10.5 Å². The number of rotatable bonds is 3. The molecule has 0 aliphatic heterocycles. The van der Waals surface area contributed by atoms with Gasteiger partial charge in [0.1, 0.15) is 5.75 Å². The summed E-state index contributed by atoms with van der Waals surface area (Å²) in [6.45, 7) is 4.92. The Morgan fingerprint density at radius 2 is 2.00 bits per heavy atom. The highest BCUT2D eigenvalue weighted by Gasteiger charge is 2.06. The summed E-state index contributed by atoms with van der Waals surface area (Å²) < 4.78 is 5.26. The van der Waals surface area contributed by atoms with E-state index in [9.17, 15) is 0 Å². The smallest absolute Gasteiger partial charge is 0.142 e. The van der Waals surface area contributed by atoms with E-state index in [2.05, 4.69) is 24.9 Å². The van der Waals surface area contributed by atoms with Crippen molar-refractivity contribution >= 4 is 10.9 Å². The van der Waals surface area contributed by atoms with Crippen LogP contribution < -0.4 is 10.5 Å². The van der Waals surface area contributed by atoms with Crippen LogP contribution in [0.4, 0.5) is 0 Å². The van der Waals surface area contributed by atoms with Crippen LogP contribution in [0.15, 0.2) is 24.4 Å². The van der Waals surface area contributed by atoms with Crippen LogP contribution in [0.5, 0.6) is 5.75 Å². The van der Waals surface area contributed by atoms with Crippen LogP contribution in [-0.2, 0) is 6.42 Å². The first-order chi connectivity index (χ1) is 8.28. The van der Waals surface area contributed by atoms with Crippen LogP contribution in [0.25, 0.3) is 10.9 Å². The van der Waals surface area contributed by atoms with Crippen molar-refractivity contribution in [2.75, 3.05) is 13.7 Å². The first-order valence-corrected chi connectivity index (χ1v) is 6.11. The minimum Gasteiger partial charge on any atom is -0.495 e. The van der Waals surface area contributed by atoms with Gasteiger partial charge in [-0.05, 0) is 24.6 Å². The molecule has 2 aromatic rings. The number of H-pyrrole nitrogens is 1. The zero-order chi connectivity index (χ0) is 12.7. The summed E-state index contributed by atoms with van der Waals surface area (Å²) in [5.41, 5.74) is 7.84. The van der Waals surface area contributed by atoms with Gasteiger partial charge in [0.25, 0.3) is 0 Å². The molecule has 0 atom stereocenters. The highest BCUT2D eigenvalue weighted by molar-refractivity contribution is 5.88. The summed E-state index contributed by atoms with van der Waals surface area (Å²) in [6, 6.07) is 6.03. The molecule has 1 heterocycles. The van der Waals surface area contributed by atoms with E-state index in [1.807, 2.05) is 18.3 Å². The summed E-state index contributed by atoms with van der Waals surface area (Å²) in [7, 11) is 1.68. The van der Waals surface area contributed by atoms with Gasteiger partial charge in [-0.25, -0.2) is 0 Å². The molecule has 0 amide bonds. The molecule has 3 nitrogen and oxygen atoms in total. The quantitative estimate of drug-likeness (QED) is 0.857. The molecule has 3 heteroatoms. The van der Waals surface area contributed by atoms with Crippen molar-refractivity contribution in [2.45, 2.75) is 26.7 Å². The predicted octanol–water partition coefficient (Wildman–Crippen LogP) is 3.09. The Bertz CT molecular complexity index is 448. The Balaban J connectivity index is 0.000000437. The van der Waals surface area contributed by atoms with Gasteiger partial charge in [-0.2, -0.15) is 0 Å². The van der Waals surface area contributed by atoms with Gasteiger partial charge in [0.2, 0.25) is 0 Å². The lowest BCUT2D eigenvalue weighted by Crippen LogP contribution is -2.01. The molecule has 0 aliphatic rings. The number of hydrogen-bond acceptors (Lipinski definition) is 2. The highest BCUT2D eigenvalue weighted by Crippen LogP contribution is 2.26. The minimum absolute atomic E-state index is 0.671. The van der Waals surface area contributed by atoms with Crippen molar-refractivity contribution in [3.63, 3.8) is 0 Å². The van der Waals surface area contributed by atoms with Gasteiger partial charge in [-0.15, -0.1) is 0 Å². The van der Waals surface area contributed by atoms with Gasteiger partial charge in [0.05, 0.1) is 12.6 Å². The molecule has 0 spiro atoms. The zero-order valence-corrected chi connectivity index (χ0v) is 10.9. The lowest BCUT2D eigenvalue weighted by molar-refractivity contribution is 0.419. The van der Waals surface area contributed by atoms with E-state index in [-0.39, 0.29) is 0 Å². The number of aromatic nitrogens is 1. The van der Waals surface area contributed by atoms with Gasteiger partial charge in [-0.1, -0.05) is 32.4 Å². The predicted molar refractivity (Wildman–Crippen MR) is 73.6 cm³/mol. The summed E-state index contributed by atoms with van der Waals surface area (Å²) in [5.74, 6) is 0.880. The fourth-order valence-electron chi connectivity index (χ4n) is 1.72. The number of methoxy groups -OCH3 is 1. The minimum atomic E-state index is 0.671. The third kappa shape index (κ3) is 3.24. The average molecular weight is 234 g/mol. The molecule has 17 heavy (non-hydrogen) atoms.